The fourth-order valence-electron chi connectivity index (χ4n) is 1.37. The molecule has 0 aromatic rings. The highest BCUT2D eigenvalue weighted by Crippen LogP contribution is 2.27. The van der Waals surface area contributed by atoms with E-state index in [-0.39, 0.29) is 6.10 Å². The van der Waals surface area contributed by atoms with Crippen LogP contribution in [0.2, 0.25) is 0 Å². The third-order valence-corrected chi connectivity index (χ3v) is 1.94. The Kier molecular flexibility index (Phi) is 1.02. The fraction of sp³-hybridized carbons (Fsp3) is 0.714. The molecule has 0 aromatic carbocycles. The van der Waals surface area contributed by atoms with Crippen LogP contribution >= 0.6 is 0 Å². The van der Waals surface area contributed by atoms with Crippen LogP contribution in [-0.4, -0.2) is 18.8 Å². The van der Waals surface area contributed by atoms with Gasteiger partial charge in [-0.2, -0.15) is 0 Å². The minimum atomic E-state index is 0.250. The molecule has 9 heavy (non-hydrogen) atoms. The zero-order chi connectivity index (χ0) is 6.27. The van der Waals surface area contributed by atoms with Crippen molar-refractivity contribution in [2.24, 2.45) is 5.92 Å². The summed E-state index contributed by atoms with van der Waals surface area (Å²) < 4.78 is 10.7. The van der Waals surface area contributed by atoms with Gasteiger partial charge in [0.15, 0.2) is 0 Å². The third-order valence-electron chi connectivity index (χ3n) is 1.94. The number of hydrogen-bond donors (Lipinski definition) is 0. The van der Waals surface area contributed by atoms with Crippen molar-refractivity contribution in [3.63, 3.8) is 0 Å². The molecule has 0 bridgehead atoms. The van der Waals surface area contributed by atoms with Crippen LogP contribution in [0.4, 0.5) is 0 Å². The van der Waals surface area contributed by atoms with E-state index in [1.807, 2.05) is 6.08 Å². The Bertz CT molecular complexity index is 142. The lowest BCUT2D eigenvalue weighted by atomic mass is 10.1. The molecule has 2 nitrogen and oxygen atoms in total. The van der Waals surface area contributed by atoms with Gasteiger partial charge in [-0.3, -0.25) is 0 Å². The van der Waals surface area contributed by atoms with Crippen LogP contribution in [0, 0.1) is 5.92 Å². The van der Waals surface area contributed by atoms with E-state index in [2.05, 4.69) is 6.92 Å². The average molecular weight is 126 g/mol. The quantitative estimate of drug-likeness (QED) is 0.480. The standard InChI is InChI=1S/C7H10O2/c1-5-4-9-6-2-3-8-7(5)6/h2-3,5-7H,4H2,1H3/t5-,6+,7+/m0/s1. The maximum absolute atomic E-state index is 5.38. The van der Waals surface area contributed by atoms with Gasteiger partial charge in [0.05, 0.1) is 12.9 Å². The summed E-state index contributed by atoms with van der Waals surface area (Å²) in [5.41, 5.74) is 0. The molecule has 0 aromatic heterocycles. The molecule has 0 unspecified atom stereocenters. The minimum Gasteiger partial charge on any atom is -0.495 e. The van der Waals surface area contributed by atoms with Crippen molar-refractivity contribution >= 4 is 0 Å². The van der Waals surface area contributed by atoms with Crippen molar-refractivity contribution in [1.82, 2.24) is 0 Å². The smallest absolute Gasteiger partial charge is 0.132 e. The maximum atomic E-state index is 5.38. The molecule has 0 radical (unpaired) electrons. The summed E-state index contributed by atoms with van der Waals surface area (Å²) >= 11 is 0. The fourth-order valence-corrected chi connectivity index (χ4v) is 1.37. The molecule has 0 amide bonds. The first kappa shape index (κ1) is 5.30. The van der Waals surface area contributed by atoms with Crippen molar-refractivity contribution in [3.8, 4) is 0 Å². The molecule has 3 atom stereocenters. The number of ether oxygens (including phenoxy) is 2. The first-order valence-corrected chi connectivity index (χ1v) is 3.31. The van der Waals surface area contributed by atoms with E-state index in [0.29, 0.717) is 12.0 Å². The topological polar surface area (TPSA) is 18.5 Å². The molecule has 1 fully saturated rings. The first-order valence-electron chi connectivity index (χ1n) is 3.31. The summed E-state index contributed by atoms with van der Waals surface area (Å²) in [5.74, 6) is 0.560. The summed E-state index contributed by atoms with van der Waals surface area (Å²) in [6.45, 7) is 3.00. The van der Waals surface area contributed by atoms with Crippen LogP contribution < -0.4 is 0 Å². The van der Waals surface area contributed by atoms with Gasteiger partial charge in [0.1, 0.15) is 12.2 Å². The zero-order valence-electron chi connectivity index (χ0n) is 5.41. The Morgan fingerprint density at radius 2 is 2.44 bits per heavy atom. The van der Waals surface area contributed by atoms with Gasteiger partial charge in [-0.1, -0.05) is 6.92 Å². The molecule has 0 spiro atoms. The van der Waals surface area contributed by atoms with Crippen molar-refractivity contribution in [2.75, 3.05) is 6.61 Å². The highest BCUT2D eigenvalue weighted by molar-refractivity contribution is 5.02. The Morgan fingerprint density at radius 3 is 3.22 bits per heavy atom. The lowest BCUT2D eigenvalue weighted by molar-refractivity contribution is 0.0864. The van der Waals surface area contributed by atoms with Crippen molar-refractivity contribution < 1.29 is 9.47 Å². The predicted molar refractivity (Wildman–Crippen MR) is 32.9 cm³/mol. The summed E-state index contributed by atoms with van der Waals surface area (Å²) in [7, 11) is 0. The number of rotatable bonds is 0. The Labute approximate surface area is 54.5 Å². The first-order chi connectivity index (χ1) is 4.38. The van der Waals surface area contributed by atoms with Gasteiger partial charge in [-0.05, 0) is 6.08 Å². The second-order valence-corrected chi connectivity index (χ2v) is 2.70. The summed E-state index contributed by atoms with van der Waals surface area (Å²) in [6.07, 6.45) is 4.28. The van der Waals surface area contributed by atoms with Gasteiger partial charge < -0.3 is 9.47 Å². The minimum absolute atomic E-state index is 0.250. The van der Waals surface area contributed by atoms with E-state index in [1.54, 1.807) is 6.26 Å². The van der Waals surface area contributed by atoms with E-state index in [4.69, 9.17) is 9.47 Å². The second kappa shape index (κ2) is 1.74. The number of fused-ring (bicyclic) bond motifs is 1. The molecule has 0 saturated carbocycles. The summed E-state index contributed by atoms with van der Waals surface area (Å²) in [6, 6.07) is 0. The van der Waals surface area contributed by atoms with E-state index in [9.17, 15) is 0 Å². The van der Waals surface area contributed by atoms with Crippen molar-refractivity contribution in [1.29, 1.82) is 0 Å². The molecule has 0 N–H and O–H groups in total. The predicted octanol–water partition coefficient (Wildman–Crippen LogP) is 0.934. The van der Waals surface area contributed by atoms with Crippen LogP contribution in [0.1, 0.15) is 6.92 Å². The highest BCUT2D eigenvalue weighted by atomic mass is 16.6. The Hall–Kier alpha value is -0.500. The largest absolute Gasteiger partial charge is 0.495 e. The summed E-state index contributed by atoms with van der Waals surface area (Å²) in [5, 5.41) is 0. The van der Waals surface area contributed by atoms with Crippen molar-refractivity contribution in [2.45, 2.75) is 19.1 Å². The molecule has 0 aliphatic carbocycles. The molecule has 2 aliphatic rings. The third kappa shape index (κ3) is 0.663. The molecule has 2 rings (SSSR count). The second-order valence-electron chi connectivity index (χ2n) is 2.70. The molecule has 50 valence electrons. The van der Waals surface area contributed by atoms with Crippen LogP contribution in [0.25, 0.3) is 0 Å². The van der Waals surface area contributed by atoms with Gasteiger partial charge in [0, 0.05) is 5.92 Å². The number of hydrogen-bond acceptors (Lipinski definition) is 2. The van der Waals surface area contributed by atoms with E-state index in [1.165, 1.54) is 0 Å². The van der Waals surface area contributed by atoms with Crippen LogP contribution in [0.15, 0.2) is 12.3 Å². The molecule has 2 heteroatoms. The van der Waals surface area contributed by atoms with Crippen LogP contribution in [0.5, 0.6) is 0 Å². The molecule has 2 aliphatic heterocycles. The van der Waals surface area contributed by atoms with Gasteiger partial charge in [0.2, 0.25) is 0 Å². The van der Waals surface area contributed by atoms with Gasteiger partial charge in [0.25, 0.3) is 0 Å². The lowest BCUT2D eigenvalue weighted by Gasteiger charge is -2.10. The van der Waals surface area contributed by atoms with Crippen LogP contribution in [-0.2, 0) is 9.47 Å². The SMILES string of the molecule is C[C@H]1CO[C@@H]2C=CO[C@H]12. The molecule has 1 saturated heterocycles. The molecular weight excluding hydrogens is 116 g/mol. The normalized spacial score (nSPS) is 47.0. The molecular formula is C7H10O2. The highest BCUT2D eigenvalue weighted by Gasteiger charge is 2.36. The van der Waals surface area contributed by atoms with Crippen LogP contribution in [0.3, 0.4) is 0 Å². The van der Waals surface area contributed by atoms with E-state index in [0.717, 1.165) is 6.61 Å². The van der Waals surface area contributed by atoms with Gasteiger partial charge in [-0.15, -0.1) is 0 Å². The monoisotopic (exact) mass is 126 g/mol. The van der Waals surface area contributed by atoms with E-state index < -0.39 is 0 Å². The Morgan fingerprint density at radius 1 is 1.56 bits per heavy atom. The maximum Gasteiger partial charge on any atom is 0.132 e. The van der Waals surface area contributed by atoms with Gasteiger partial charge in [-0.25, -0.2) is 0 Å². The summed E-state index contributed by atoms with van der Waals surface area (Å²) in [4.78, 5) is 0. The zero-order valence-corrected chi connectivity index (χ0v) is 5.41. The van der Waals surface area contributed by atoms with Gasteiger partial charge >= 0.3 is 0 Å². The van der Waals surface area contributed by atoms with E-state index >= 15 is 0 Å². The lowest BCUT2D eigenvalue weighted by Crippen LogP contribution is -2.20. The average Bonchev–Trinajstić information content (AvgIpc) is 2.35. The van der Waals surface area contributed by atoms with Crippen molar-refractivity contribution in [3.05, 3.63) is 12.3 Å². The Balaban J connectivity index is 2.13. The molecule has 2 heterocycles.